The van der Waals surface area contributed by atoms with Gasteiger partial charge in [0.25, 0.3) is 5.56 Å². The van der Waals surface area contributed by atoms with Crippen molar-refractivity contribution >= 4 is 34.3 Å². The molecule has 0 fully saturated rings. The van der Waals surface area contributed by atoms with Crippen LogP contribution < -0.4 is 15.6 Å². The fraction of sp³-hybridized carbons (Fsp3) is 0.160. The van der Waals surface area contributed by atoms with Gasteiger partial charge in [-0.2, -0.15) is 0 Å². The summed E-state index contributed by atoms with van der Waals surface area (Å²) in [7, 11) is 1.56. The minimum atomic E-state index is -0.214. The van der Waals surface area contributed by atoms with Gasteiger partial charge in [0.15, 0.2) is 5.16 Å². The Kier molecular flexibility index (Phi) is 6.28. The predicted octanol–water partition coefficient (Wildman–Crippen LogP) is 4.74. The molecular weight excluding hydrogens is 422 g/mol. The van der Waals surface area contributed by atoms with E-state index < -0.39 is 0 Å². The number of rotatable bonds is 6. The SMILES string of the molecule is COc1ccccc1NC(=O)CSc1nc2ccccc2c(=O)n1-c1cc(C)cc(C)c1. The number of aryl methyl sites for hydroxylation is 2. The van der Waals surface area contributed by atoms with Crippen molar-refractivity contribution in [2.45, 2.75) is 19.0 Å². The smallest absolute Gasteiger partial charge is 0.266 e. The molecule has 0 aliphatic carbocycles. The zero-order chi connectivity index (χ0) is 22.7. The molecule has 0 radical (unpaired) electrons. The van der Waals surface area contributed by atoms with Crippen LogP contribution in [0.4, 0.5) is 5.69 Å². The van der Waals surface area contributed by atoms with Crippen LogP contribution in [0.3, 0.4) is 0 Å². The van der Waals surface area contributed by atoms with E-state index >= 15 is 0 Å². The first-order valence-corrected chi connectivity index (χ1v) is 11.1. The van der Waals surface area contributed by atoms with Crippen molar-refractivity contribution in [3.63, 3.8) is 0 Å². The first-order chi connectivity index (χ1) is 15.5. The molecule has 1 aromatic heterocycles. The van der Waals surface area contributed by atoms with Gasteiger partial charge in [-0.15, -0.1) is 0 Å². The fourth-order valence-corrected chi connectivity index (χ4v) is 4.39. The highest BCUT2D eigenvalue weighted by Gasteiger charge is 2.16. The highest BCUT2D eigenvalue weighted by molar-refractivity contribution is 7.99. The number of amides is 1. The predicted molar refractivity (Wildman–Crippen MR) is 129 cm³/mol. The number of hydrogen-bond donors (Lipinski definition) is 1. The van der Waals surface area contributed by atoms with Gasteiger partial charge in [0.2, 0.25) is 5.91 Å². The van der Waals surface area contributed by atoms with Gasteiger partial charge in [-0.05, 0) is 61.4 Å². The first kappa shape index (κ1) is 21.6. The van der Waals surface area contributed by atoms with Gasteiger partial charge in [-0.3, -0.25) is 14.2 Å². The van der Waals surface area contributed by atoms with Crippen molar-refractivity contribution in [3.8, 4) is 11.4 Å². The summed E-state index contributed by atoms with van der Waals surface area (Å²) in [4.78, 5) is 30.7. The minimum absolute atomic E-state index is 0.0909. The largest absolute Gasteiger partial charge is 0.495 e. The Hall–Kier alpha value is -3.58. The first-order valence-electron chi connectivity index (χ1n) is 10.1. The van der Waals surface area contributed by atoms with Gasteiger partial charge in [-0.25, -0.2) is 4.98 Å². The summed E-state index contributed by atoms with van der Waals surface area (Å²) in [5.41, 5.74) is 3.87. The second kappa shape index (κ2) is 9.28. The molecular formula is C25H23N3O3S. The van der Waals surface area contributed by atoms with Crippen LogP contribution in [-0.2, 0) is 4.79 Å². The van der Waals surface area contributed by atoms with Crippen LogP contribution in [0.1, 0.15) is 11.1 Å². The summed E-state index contributed by atoms with van der Waals surface area (Å²) in [5, 5.41) is 3.86. The molecule has 0 spiro atoms. The van der Waals surface area contributed by atoms with Crippen molar-refractivity contribution in [1.29, 1.82) is 0 Å². The molecule has 6 nitrogen and oxygen atoms in total. The van der Waals surface area contributed by atoms with E-state index in [2.05, 4.69) is 11.4 Å². The van der Waals surface area contributed by atoms with Crippen molar-refractivity contribution in [2.24, 2.45) is 0 Å². The number of carbonyl (C=O) groups is 1. The van der Waals surface area contributed by atoms with Crippen LogP contribution in [0.25, 0.3) is 16.6 Å². The Bertz CT molecular complexity index is 1340. The maximum Gasteiger partial charge on any atom is 0.266 e. The molecule has 0 saturated heterocycles. The number of nitrogens with zero attached hydrogens (tertiary/aromatic N) is 2. The average molecular weight is 446 g/mol. The molecule has 3 aromatic carbocycles. The van der Waals surface area contributed by atoms with Crippen LogP contribution in [0.5, 0.6) is 5.75 Å². The number of para-hydroxylation sites is 3. The van der Waals surface area contributed by atoms with Crippen molar-refractivity contribution in [3.05, 3.63) is 88.2 Å². The Morgan fingerprint density at radius 3 is 2.47 bits per heavy atom. The normalized spacial score (nSPS) is 10.8. The van der Waals surface area contributed by atoms with E-state index in [0.29, 0.717) is 27.5 Å². The van der Waals surface area contributed by atoms with Crippen LogP contribution in [0, 0.1) is 13.8 Å². The second-order valence-electron chi connectivity index (χ2n) is 7.44. The van der Waals surface area contributed by atoms with Crippen molar-refractivity contribution in [1.82, 2.24) is 9.55 Å². The fourth-order valence-electron chi connectivity index (χ4n) is 3.58. The standard InChI is InChI=1S/C25H23N3O3S/c1-16-12-17(2)14-18(13-16)28-24(30)19-8-4-5-9-20(19)27-25(28)32-15-23(29)26-21-10-6-7-11-22(21)31-3/h4-14H,15H2,1-3H3,(H,26,29). The maximum absolute atomic E-state index is 13.4. The summed E-state index contributed by atoms with van der Waals surface area (Å²) in [6.45, 7) is 3.98. The number of anilines is 1. The summed E-state index contributed by atoms with van der Waals surface area (Å²) in [6, 6.07) is 20.4. The molecule has 32 heavy (non-hydrogen) atoms. The van der Waals surface area contributed by atoms with Gasteiger partial charge < -0.3 is 10.1 Å². The molecule has 4 rings (SSSR count). The van der Waals surface area contributed by atoms with Crippen molar-refractivity contribution < 1.29 is 9.53 Å². The number of nitrogens with one attached hydrogen (secondary N) is 1. The molecule has 0 bridgehead atoms. The minimum Gasteiger partial charge on any atom is -0.495 e. The molecule has 0 atom stereocenters. The lowest BCUT2D eigenvalue weighted by Gasteiger charge is -2.15. The summed E-state index contributed by atoms with van der Waals surface area (Å²) >= 11 is 1.22. The van der Waals surface area contributed by atoms with Crippen LogP contribution >= 0.6 is 11.8 Å². The quantitative estimate of drug-likeness (QED) is 0.343. The number of thioether (sulfide) groups is 1. The molecule has 0 unspecified atom stereocenters. The van der Waals surface area contributed by atoms with Crippen molar-refractivity contribution in [2.75, 3.05) is 18.2 Å². The van der Waals surface area contributed by atoms with E-state index in [1.54, 1.807) is 29.9 Å². The number of aromatic nitrogens is 2. The maximum atomic E-state index is 13.4. The highest BCUT2D eigenvalue weighted by Crippen LogP contribution is 2.25. The number of methoxy groups -OCH3 is 1. The van der Waals surface area contributed by atoms with E-state index in [9.17, 15) is 9.59 Å². The van der Waals surface area contributed by atoms with Crippen LogP contribution in [-0.4, -0.2) is 28.3 Å². The second-order valence-corrected chi connectivity index (χ2v) is 8.38. The number of fused-ring (bicyclic) bond motifs is 1. The number of carbonyl (C=O) groups excluding carboxylic acids is 1. The molecule has 1 amide bonds. The Morgan fingerprint density at radius 2 is 1.72 bits per heavy atom. The topological polar surface area (TPSA) is 73.2 Å². The third kappa shape index (κ3) is 4.53. The third-order valence-corrected chi connectivity index (χ3v) is 5.86. The van der Waals surface area contributed by atoms with Gasteiger partial charge >= 0.3 is 0 Å². The zero-order valence-corrected chi connectivity index (χ0v) is 18.9. The molecule has 4 aromatic rings. The zero-order valence-electron chi connectivity index (χ0n) is 18.1. The van der Waals surface area contributed by atoms with E-state index in [4.69, 9.17) is 9.72 Å². The molecule has 1 heterocycles. The lowest BCUT2D eigenvalue weighted by Crippen LogP contribution is -2.23. The Labute approximate surface area is 190 Å². The lowest BCUT2D eigenvalue weighted by molar-refractivity contribution is -0.113. The average Bonchev–Trinajstić information content (AvgIpc) is 2.77. The lowest BCUT2D eigenvalue weighted by atomic mass is 10.1. The van der Waals surface area contributed by atoms with Crippen LogP contribution in [0.2, 0.25) is 0 Å². The third-order valence-electron chi connectivity index (χ3n) is 4.92. The van der Waals surface area contributed by atoms with E-state index in [-0.39, 0.29) is 17.2 Å². The molecule has 1 N–H and O–H groups in total. The molecule has 0 aliphatic rings. The Balaban J connectivity index is 1.70. The van der Waals surface area contributed by atoms with Gasteiger partial charge in [0.1, 0.15) is 5.75 Å². The molecule has 7 heteroatoms. The van der Waals surface area contributed by atoms with E-state index in [1.807, 2.05) is 56.3 Å². The number of ether oxygens (including phenoxy) is 1. The highest BCUT2D eigenvalue weighted by atomic mass is 32.2. The number of benzene rings is 3. The van der Waals surface area contributed by atoms with E-state index in [0.717, 1.165) is 16.8 Å². The van der Waals surface area contributed by atoms with Gasteiger partial charge in [-0.1, -0.05) is 42.1 Å². The van der Waals surface area contributed by atoms with Gasteiger partial charge in [0, 0.05) is 0 Å². The Morgan fingerprint density at radius 1 is 1.03 bits per heavy atom. The van der Waals surface area contributed by atoms with Gasteiger partial charge in [0.05, 0.1) is 35.1 Å². The molecule has 0 saturated carbocycles. The van der Waals surface area contributed by atoms with E-state index in [1.165, 1.54) is 11.8 Å². The van der Waals surface area contributed by atoms with Crippen LogP contribution in [0.15, 0.2) is 76.7 Å². The summed E-state index contributed by atoms with van der Waals surface area (Å²) < 4.78 is 6.88. The summed E-state index contributed by atoms with van der Waals surface area (Å²) in [6.07, 6.45) is 0. The number of hydrogen-bond acceptors (Lipinski definition) is 5. The monoisotopic (exact) mass is 445 g/mol. The molecule has 0 aliphatic heterocycles. The summed E-state index contributed by atoms with van der Waals surface area (Å²) in [5.74, 6) is 0.462. The molecule has 162 valence electrons.